The Balaban J connectivity index is 1.72. The highest BCUT2D eigenvalue weighted by Gasteiger charge is 2.41. The van der Waals surface area contributed by atoms with Crippen LogP contribution in [0.25, 0.3) is 0 Å². The second-order valence-corrected chi connectivity index (χ2v) is 8.14. The van der Waals surface area contributed by atoms with Crippen molar-refractivity contribution in [2.45, 2.75) is 37.4 Å². The molecular weight excluding hydrogens is 250 g/mol. The van der Waals surface area contributed by atoms with Gasteiger partial charge in [-0.2, -0.15) is 0 Å². The van der Waals surface area contributed by atoms with Crippen LogP contribution in [0.15, 0.2) is 0 Å². The molecule has 0 aromatic carbocycles. The summed E-state index contributed by atoms with van der Waals surface area (Å²) in [5.74, 6) is 0.434. The average Bonchev–Trinajstić information content (AvgIpc) is 2.76. The van der Waals surface area contributed by atoms with Gasteiger partial charge in [0.05, 0.1) is 11.5 Å². The fourth-order valence-electron chi connectivity index (χ4n) is 3.77. The lowest BCUT2D eigenvalue weighted by Crippen LogP contribution is -2.49. The molecule has 0 saturated carbocycles. The van der Waals surface area contributed by atoms with E-state index < -0.39 is 9.84 Å². The molecule has 18 heavy (non-hydrogen) atoms. The first-order valence-electron chi connectivity index (χ1n) is 6.99. The van der Waals surface area contributed by atoms with Crippen molar-refractivity contribution in [3.8, 4) is 0 Å². The molecule has 0 radical (unpaired) electrons. The van der Waals surface area contributed by atoms with Crippen LogP contribution in [-0.2, 0) is 9.84 Å². The topological polar surface area (TPSA) is 66.6 Å². The van der Waals surface area contributed by atoms with E-state index in [9.17, 15) is 8.42 Å². The highest BCUT2D eigenvalue weighted by Crippen LogP contribution is 2.25. The zero-order chi connectivity index (χ0) is 12.8. The lowest BCUT2D eigenvalue weighted by molar-refractivity contribution is 0.174. The highest BCUT2D eigenvalue weighted by atomic mass is 32.2. The van der Waals surface area contributed by atoms with Gasteiger partial charge in [0.25, 0.3) is 0 Å². The van der Waals surface area contributed by atoms with Crippen molar-refractivity contribution in [1.29, 1.82) is 0 Å². The summed E-state index contributed by atoms with van der Waals surface area (Å²) in [6.45, 7) is 4.39. The first-order valence-corrected chi connectivity index (χ1v) is 8.81. The predicted octanol–water partition coefficient (Wildman–Crippen LogP) is -0.719. The molecule has 2 N–H and O–H groups in total. The Labute approximate surface area is 109 Å². The van der Waals surface area contributed by atoms with Gasteiger partial charge < -0.3 is 5.73 Å². The maximum Gasteiger partial charge on any atom is 0.153 e. The second kappa shape index (κ2) is 4.74. The Morgan fingerprint density at radius 1 is 1.00 bits per heavy atom. The van der Waals surface area contributed by atoms with Crippen LogP contribution < -0.4 is 5.73 Å². The highest BCUT2D eigenvalue weighted by molar-refractivity contribution is 7.91. The molecule has 104 valence electrons. The Morgan fingerprint density at radius 3 is 2.44 bits per heavy atom. The Bertz CT molecular complexity index is 412. The number of nitrogens with zero attached hydrogens (tertiary/aromatic N) is 2. The molecule has 3 rings (SSSR count). The van der Waals surface area contributed by atoms with Crippen molar-refractivity contribution in [2.75, 3.05) is 37.7 Å². The van der Waals surface area contributed by atoms with Crippen molar-refractivity contribution in [2.24, 2.45) is 5.73 Å². The third-order valence-electron chi connectivity index (χ3n) is 4.67. The lowest BCUT2D eigenvalue weighted by Gasteiger charge is -2.31. The van der Waals surface area contributed by atoms with E-state index in [2.05, 4.69) is 9.80 Å². The minimum absolute atomic E-state index is 0.0514. The van der Waals surface area contributed by atoms with E-state index in [1.165, 1.54) is 19.4 Å². The summed E-state index contributed by atoms with van der Waals surface area (Å²) in [4.78, 5) is 4.92. The first-order chi connectivity index (χ1) is 8.55. The Morgan fingerprint density at radius 2 is 1.72 bits per heavy atom. The quantitative estimate of drug-likeness (QED) is 0.683. The van der Waals surface area contributed by atoms with E-state index in [0.717, 1.165) is 26.1 Å². The zero-order valence-corrected chi connectivity index (χ0v) is 11.6. The minimum atomic E-state index is -2.91. The number of fused-ring (bicyclic) bond motifs is 1. The van der Waals surface area contributed by atoms with Gasteiger partial charge in [-0.05, 0) is 38.9 Å². The van der Waals surface area contributed by atoms with Crippen molar-refractivity contribution in [1.82, 2.24) is 9.80 Å². The van der Waals surface area contributed by atoms with Gasteiger partial charge in [0, 0.05) is 24.7 Å². The van der Waals surface area contributed by atoms with E-state index >= 15 is 0 Å². The van der Waals surface area contributed by atoms with Crippen LogP contribution >= 0.6 is 0 Å². The molecule has 3 aliphatic rings. The summed E-state index contributed by atoms with van der Waals surface area (Å²) in [6.07, 6.45) is 3.68. The molecule has 3 atom stereocenters. The summed E-state index contributed by atoms with van der Waals surface area (Å²) in [5, 5.41) is 0. The van der Waals surface area contributed by atoms with Crippen LogP contribution in [0.2, 0.25) is 0 Å². The van der Waals surface area contributed by atoms with Crippen molar-refractivity contribution >= 4 is 9.84 Å². The van der Waals surface area contributed by atoms with E-state index in [1.54, 1.807) is 0 Å². The lowest BCUT2D eigenvalue weighted by atomic mass is 10.1. The van der Waals surface area contributed by atoms with Crippen LogP contribution in [0.1, 0.15) is 19.3 Å². The van der Waals surface area contributed by atoms with Gasteiger partial charge in [0.15, 0.2) is 9.84 Å². The van der Waals surface area contributed by atoms with E-state index in [0.29, 0.717) is 6.04 Å². The van der Waals surface area contributed by atoms with Gasteiger partial charge in [-0.25, -0.2) is 8.42 Å². The summed E-state index contributed by atoms with van der Waals surface area (Å²) in [5.41, 5.74) is 6.04. The molecule has 0 amide bonds. The minimum Gasteiger partial charge on any atom is -0.325 e. The van der Waals surface area contributed by atoms with Crippen LogP contribution in [0.4, 0.5) is 0 Å². The number of sulfone groups is 1. The fraction of sp³-hybridized carbons (Fsp3) is 1.00. The van der Waals surface area contributed by atoms with Crippen LogP contribution in [0, 0.1) is 0 Å². The van der Waals surface area contributed by atoms with Gasteiger partial charge in [0.2, 0.25) is 0 Å². The summed E-state index contributed by atoms with van der Waals surface area (Å²) >= 11 is 0. The molecule has 0 aromatic rings. The standard InChI is InChI=1S/C12H23N3O2S/c13-11-8-18(16,17)9-12(11)15-6-2-5-14-4-1-3-10(14)7-15/h10-12H,1-9,13H2. The molecule has 0 aromatic heterocycles. The van der Waals surface area contributed by atoms with Gasteiger partial charge >= 0.3 is 0 Å². The molecule has 6 heteroatoms. The van der Waals surface area contributed by atoms with Crippen LogP contribution in [-0.4, -0.2) is 74.0 Å². The number of hydrogen-bond acceptors (Lipinski definition) is 5. The van der Waals surface area contributed by atoms with Crippen LogP contribution in [0.5, 0.6) is 0 Å². The number of rotatable bonds is 1. The summed E-state index contributed by atoms with van der Waals surface area (Å²) in [7, 11) is -2.91. The molecule has 5 nitrogen and oxygen atoms in total. The molecule has 3 aliphatic heterocycles. The average molecular weight is 273 g/mol. The molecule has 3 saturated heterocycles. The van der Waals surface area contributed by atoms with Crippen molar-refractivity contribution in [3.05, 3.63) is 0 Å². The largest absolute Gasteiger partial charge is 0.325 e. The number of hydrogen-bond donors (Lipinski definition) is 1. The molecule has 3 fully saturated rings. The maximum absolute atomic E-state index is 11.7. The Hall–Kier alpha value is -0.170. The Kier molecular flexibility index (Phi) is 3.38. The molecule has 3 heterocycles. The molecule has 0 spiro atoms. The molecule has 0 aliphatic carbocycles. The van der Waals surface area contributed by atoms with Crippen molar-refractivity contribution in [3.63, 3.8) is 0 Å². The maximum atomic E-state index is 11.7. The van der Waals surface area contributed by atoms with Crippen LogP contribution in [0.3, 0.4) is 0 Å². The predicted molar refractivity (Wildman–Crippen MR) is 71.2 cm³/mol. The smallest absolute Gasteiger partial charge is 0.153 e. The first kappa shape index (κ1) is 12.8. The second-order valence-electron chi connectivity index (χ2n) is 5.99. The van der Waals surface area contributed by atoms with E-state index in [1.807, 2.05) is 0 Å². The van der Waals surface area contributed by atoms with E-state index in [4.69, 9.17) is 5.73 Å². The molecule has 0 bridgehead atoms. The monoisotopic (exact) mass is 273 g/mol. The SMILES string of the molecule is NC1CS(=O)(=O)CC1N1CCCN2CCCC2C1. The molecule has 3 unspecified atom stereocenters. The summed E-state index contributed by atoms with van der Waals surface area (Å²) in [6, 6.07) is 0.488. The zero-order valence-electron chi connectivity index (χ0n) is 10.8. The van der Waals surface area contributed by atoms with E-state index in [-0.39, 0.29) is 23.6 Å². The third-order valence-corrected chi connectivity index (χ3v) is 6.41. The van der Waals surface area contributed by atoms with Crippen molar-refractivity contribution < 1.29 is 8.42 Å². The van der Waals surface area contributed by atoms with Gasteiger partial charge in [0.1, 0.15) is 0 Å². The summed E-state index contributed by atoms with van der Waals surface area (Å²) < 4.78 is 23.4. The fourth-order valence-corrected chi connectivity index (χ4v) is 5.69. The van der Waals surface area contributed by atoms with Gasteiger partial charge in [-0.1, -0.05) is 0 Å². The number of nitrogens with two attached hydrogens (primary N) is 1. The van der Waals surface area contributed by atoms with Gasteiger partial charge in [-0.3, -0.25) is 9.80 Å². The third kappa shape index (κ3) is 2.43. The van der Waals surface area contributed by atoms with Gasteiger partial charge in [-0.15, -0.1) is 0 Å². The normalized spacial score (nSPS) is 41.7. The molecular formula is C12H23N3O2S.